The van der Waals surface area contributed by atoms with Crippen molar-refractivity contribution in [2.24, 2.45) is 0 Å². The minimum atomic E-state index is -3.10. The van der Waals surface area contributed by atoms with Gasteiger partial charge in [-0.1, -0.05) is 36.7 Å². The van der Waals surface area contributed by atoms with Crippen molar-refractivity contribution < 1.29 is 37.1 Å². The molecule has 1 saturated heterocycles. The fraction of sp³-hybridized carbons (Fsp3) is 0.310. The number of nitriles is 1. The van der Waals surface area contributed by atoms with Gasteiger partial charge in [-0.05, 0) is 24.3 Å². The van der Waals surface area contributed by atoms with Crippen LogP contribution in [0.15, 0.2) is 54.7 Å². The van der Waals surface area contributed by atoms with E-state index >= 15 is 0 Å². The highest BCUT2D eigenvalue weighted by molar-refractivity contribution is 6.31. The van der Waals surface area contributed by atoms with Gasteiger partial charge in [-0.3, -0.25) is 24.2 Å². The van der Waals surface area contributed by atoms with Crippen LogP contribution in [0.25, 0.3) is 0 Å². The molecular formula is C29H25ClF4N6O4. The normalized spacial score (nSPS) is 17.2. The number of rotatable bonds is 10. The summed E-state index contributed by atoms with van der Waals surface area (Å²) in [5.41, 5.74) is -0.685. The number of hydrogen-bond acceptors (Lipinski definition) is 7. The Hall–Kier alpha value is -4.61. The summed E-state index contributed by atoms with van der Waals surface area (Å²) in [5, 5.41) is 22.0. The summed E-state index contributed by atoms with van der Waals surface area (Å²) in [4.78, 5) is 50.5. The van der Waals surface area contributed by atoms with Crippen molar-refractivity contribution in [1.82, 2.24) is 15.3 Å². The molecule has 0 saturated carbocycles. The number of alkyl halides is 2. The first-order valence-electron chi connectivity index (χ1n) is 13.3. The Morgan fingerprint density at radius 1 is 1.23 bits per heavy atom. The first-order valence-corrected chi connectivity index (χ1v) is 13.7. The molecular weight excluding hydrogens is 608 g/mol. The number of nitrogens with zero attached hydrogens (tertiary/aromatic N) is 5. The topological polar surface area (TPSA) is 140 Å². The minimum Gasteiger partial charge on any atom is -0.383 e. The van der Waals surface area contributed by atoms with Crippen molar-refractivity contribution in [3.63, 3.8) is 0 Å². The number of nitrogens with one attached hydrogen (secondary N) is 1. The van der Waals surface area contributed by atoms with E-state index in [1.165, 1.54) is 37.3 Å². The number of aromatic nitrogens is 2. The molecule has 2 N–H and O–H groups in total. The van der Waals surface area contributed by atoms with Crippen LogP contribution in [0.2, 0.25) is 5.02 Å². The van der Waals surface area contributed by atoms with Crippen molar-refractivity contribution in [2.75, 3.05) is 16.3 Å². The van der Waals surface area contributed by atoms with E-state index in [9.17, 15) is 42.3 Å². The van der Waals surface area contributed by atoms with E-state index in [1.807, 2.05) is 0 Å². The Bertz CT molecular complexity index is 1600. The van der Waals surface area contributed by atoms with Crippen LogP contribution in [0.3, 0.4) is 0 Å². The van der Waals surface area contributed by atoms with Crippen LogP contribution in [0.5, 0.6) is 0 Å². The van der Waals surface area contributed by atoms with Gasteiger partial charge in [0.2, 0.25) is 17.8 Å². The largest absolute Gasteiger partial charge is 0.383 e. The van der Waals surface area contributed by atoms with Gasteiger partial charge in [0.05, 0.1) is 5.69 Å². The van der Waals surface area contributed by atoms with Gasteiger partial charge in [0, 0.05) is 48.7 Å². The molecule has 15 heteroatoms. The zero-order valence-electron chi connectivity index (χ0n) is 23.1. The van der Waals surface area contributed by atoms with Gasteiger partial charge in [0.15, 0.2) is 0 Å². The molecule has 1 aliphatic rings. The first-order chi connectivity index (χ1) is 20.9. The third-order valence-corrected chi connectivity index (χ3v) is 7.26. The highest BCUT2D eigenvalue weighted by Gasteiger charge is 2.49. The summed E-state index contributed by atoms with van der Waals surface area (Å²) in [6.45, 7) is 0.744. The van der Waals surface area contributed by atoms with E-state index in [0.717, 1.165) is 23.2 Å². The Morgan fingerprint density at radius 2 is 1.91 bits per heavy atom. The molecule has 1 aromatic heterocycles. The van der Waals surface area contributed by atoms with Gasteiger partial charge in [-0.25, -0.2) is 27.5 Å². The summed E-state index contributed by atoms with van der Waals surface area (Å²) < 4.78 is 57.0. The summed E-state index contributed by atoms with van der Waals surface area (Å²) in [7, 11) is 0. The summed E-state index contributed by atoms with van der Waals surface area (Å²) in [6, 6.07) is 7.33. The summed E-state index contributed by atoms with van der Waals surface area (Å²) >= 11 is 6.41. The second-order valence-corrected chi connectivity index (χ2v) is 10.2. The fourth-order valence-electron chi connectivity index (χ4n) is 4.69. The van der Waals surface area contributed by atoms with Crippen molar-refractivity contribution in [2.45, 2.75) is 50.3 Å². The standard InChI is InChI=1S/C29H25ClF4N6O4/c1-2-29(33,34)8-10-36-25(42)24(20-5-3-4-6-21(20)30)39(19-12-16(31)11-17(32)13-19)26(43)22-14-23(41)27(44)40(22)28-37-9-7-18(15-35)38-28/h3-7,9,11-13,22-24,41H,2,8,10,14H2,1H3,(H,36,42)/t22-,23+,24+/m0/s1. The van der Waals surface area contributed by atoms with E-state index in [0.29, 0.717) is 11.0 Å². The molecule has 3 aromatic rings. The second-order valence-electron chi connectivity index (χ2n) is 9.84. The molecule has 2 aromatic carbocycles. The zero-order chi connectivity index (χ0) is 32.2. The maximum absolute atomic E-state index is 14.6. The number of aliphatic hydroxyl groups excluding tert-OH is 1. The van der Waals surface area contributed by atoms with Gasteiger partial charge >= 0.3 is 0 Å². The maximum Gasteiger partial charge on any atom is 0.259 e. The smallest absolute Gasteiger partial charge is 0.259 e. The van der Waals surface area contributed by atoms with Crippen LogP contribution < -0.4 is 15.1 Å². The summed E-state index contributed by atoms with van der Waals surface area (Å²) in [5.74, 6) is -8.93. The number of carbonyl (C=O) groups excluding carboxylic acids is 3. The third kappa shape index (κ3) is 6.95. The van der Waals surface area contributed by atoms with E-state index in [4.69, 9.17) is 11.6 Å². The quantitative estimate of drug-likeness (QED) is 0.321. The lowest BCUT2D eigenvalue weighted by atomic mass is 10.0. The van der Waals surface area contributed by atoms with Crippen LogP contribution in [0.1, 0.15) is 43.5 Å². The van der Waals surface area contributed by atoms with Crippen molar-refractivity contribution in [3.05, 3.63) is 82.6 Å². The highest BCUT2D eigenvalue weighted by Crippen LogP contribution is 2.36. The lowest BCUT2D eigenvalue weighted by Gasteiger charge is -2.35. The fourth-order valence-corrected chi connectivity index (χ4v) is 4.93. The highest BCUT2D eigenvalue weighted by atomic mass is 35.5. The second kappa shape index (κ2) is 13.4. The Kier molecular flexibility index (Phi) is 9.81. The molecule has 0 spiro atoms. The molecule has 1 aliphatic heterocycles. The van der Waals surface area contributed by atoms with E-state index < -0.39 is 90.9 Å². The molecule has 3 atom stereocenters. The van der Waals surface area contributed by atoms with E-state index in [1.54, 1.807) is 6.07 Å². The van der Waals surface area contributed by atoms with E-state index in [2.05, 4.69) is 15.3 Å². The van der Waals surface area contributed by atoms with Gasteiger partial charge in [-0.15, -0.1) is 0 Å². The monoisotopic (exact) mass is 632 g/mol. The third-order valence-electron chi connectivity index (χ3n) is 6.92. The minimum absolute atomic E-state index is 0.0360. The predicted octanol–water partition coefficient (Wildman–Crippen LogP) is 4.07. The average molecular weight is 633 g/mol. The van der Waals surface area contributed by atoms with E-state index in [-0.39, 0.29) is 16.3 Å². The molecule has 0 bridgehead atoms. The van der Waals surface area contributed by atoms with Gasteiger partial charge in [0.1, 0.15) is 41.6 Å². The lowest BCUT2D eigenvalue weighted by Crippen LogP contribution is -2.52. The SMILES string of the molecule is CCC(F)(F)CCNC(=O)[C@@H](c1ccccc1Cl)N(C(=O)[C@@H]1C[C@@H](O)C(=O)N1c1nccc(C#N)n1)c1cc(F)cc(F)c1. The predicted molar refractivity (Wildman–Crippen MR) is 150 cm³/mol. The Balaban J connectivity index is 1.87. The Labute approximate surface area is 253 Å². The molecule has 4 rings (SSSR count). The first kappa shape index (κ1) is 32.3. The lowest BCUT2D eigenvalue weighted by molar-refractivity contribution is -0.127. The number of hydrogen-bond donors (Lipinski definition) is 2. The number of anilines is 2. The van der Waals surface area contributed by atoms with Crippen molar-refractivity contribution in [1.29, 1.82) is 5.26 Å². The zero-order valence-corrected chi connectivity index (χ0v) is 23.8. The Morgan fingerprint density at radius 3 is 2.55 bits per heavy atom. The van der Waals surface area contributed by atoms with Crippen molar-refractivity contribution >= 4 is 41.0 Å². The molecule has 0 unspecified atom stereocenters. The number of amides is 3. The number of benzene rings is 2. The van der Waals surface area contributed by atoms with Gasteiger partial charge < -0.3 is 10.4 Å². The molecule has 1 fully saturated rings. The molecule has 3 amide bonds. The van der Waals surface area contributed by atoms with Gasteiger partial charge in [-0.2, -0.15) is 5.26 Å². The van der Waals surface area contributed by atoms with Crippen LogP contribution in [-0.4, -0.2) is 57.4 Å². The van der Waals surface area contributed by atoms with Crippen LogP contribution >= 0.6 is 11.6 Å². The molecule has 230 valence electrons. The van der Waals surface area contributed by atoms with Crippen LogP contribution in [0.4, 0.5) is 29.2 Å². The molecule has 10 nitrogen and oxygen atoms in total. The molecule has 2 heterocycles. The van der Waals surface area contributed by atoms with Crippen LogP contribution in [-0.2, 0) is 14.4 Å². The average Bonchev–Trinajstić information content (AvgIpc) is 3.29. The maximum atomic E-state index is 14.6. The number of halogens is 5. The number of aliphatic hydroxyl groups is 1. The summed E-state index contributed by atoms with van der Waals surface area (Å²) in [6.07, 6.45) is -2.38. The molecule has 0 aliphatic carbocycles. The van der Waals surface area contributed by atoms with Crippen LogP contribution in [0, 0.1) is 23.0 Å². The molecule has 44 heavy (non-hydrogen) atoms. The van der Waals surface area contributed by atoms with Gasteiger partial charge in [0.25, 0.3) is 11.8 Å². The molecule has 0 radical (unpaired) electrons. The van der Waals surface area contributed by atoms with Crippen molar-refractivity contribution in [3.8, 4) is 6.07 Å². The number of carbonyl (C=O) groups is 3.